The lowest BCUT2D eigenvalue weighted by Crippen LogP contribution is -2.47. The first-order valence-electron chi connectivity index (χ1n) is 12.5. The normalized spacial score (nSPS) is 19.8. The third-order valence-electron chi connectivity index (χ3n) is 7.32. The number of halogens is 8. The molecule has 2 aromatic rings. The first-order valence-corrected chi connectivity index (χ1v) is 13.2. The van der Waals surface area contributed by atoms with Crippen LogP contribution in [0.25, 0.3) is 0 Å². The minimum Gasteiger partial charge on any atom is -0.300 e. The predicted molar refractivity (Wildman–Crippen MR) is 134 cm³/mol. The summed E-state index contributed by atoms with van der Waals surface area (Å²) < 4.78 is 80.1. The molecule has 2 aliphatic rings. The van der Waals surface area contributed by atoms with E-state index in [1.54, 1.807) is 24.6 Å². The van der Waals surface area contributed by atoms with Crippen molar-refractivity contribution >= 4 is 23.2 Å². The molecule has 2 fully saturated rings. The zero-order chi connectivity index (χ0) is 26.8. The molecular formula is C27H29Cl2F6N2. The van der Waals surface area contributed by atoms with E-state index in [1.165, 1.54) is 19.3 Å². The van der Waals surface area contributed by atoms with Crippen LogP contribution in [0.1, 0.15) is 60.4 Å². The van der Waals surface area contributed by atoms with Crippen LogP contribution in [0.3, 0.4) is 0 Å². The van der Waals surface area contributed by atoms with E-state index >= 15 is 0 Å². The number of piperidine rings is 2. The van der Waals surface area contributed by atoms with E-state index in [1.807, 2.05) is 0 Å². The lowest BCUT2D eigenvalue weighted by molar-refractivity contribution is -0.143. The van der Waals surface area contributed by atoms with Gasteiger partial charge in [0, 0.05) is 25.2 Å². The van der Waals surface area contributed by atoms with Crippen LogP contribution < -0.4 is 0 Å². The Morgan fingerprint density at radius 1 is 0.838 bits per heavy atom. The smallest absolute Gasteiger partial charge is 0.300 e. The molecule has 0 N–H and O–H groups in total. The minimum absolute atomic E-state index is 0.0616. The van der Waals surface area contributed by atoms with Gasteiger partial charge in [0.1, 0.15) is 0 Å². The summed E-state index contributed by atoms with van der Waals surface area (Å²) in [6, 6.07) is 6.99. The predicted octanol–water partition coefficient (Wildman–Crippen LogP) is 8.47. The highest BCUT2D eigenvalue weighted by molar-refractivity contribution is 6.42. The van der Waals surface area contributed by atoms with Gasteiger partial charge < -0.3 is 4.90 Å². The van der Waals surface area contributed by atoms with Gasteiger partial charge in [0.05, 0.1) is 21.2 Å². The number of likely N-dealkylation sites (tertiary alicyclic amines) is 2. The first kappa shape index (κ1) is 28.5. The Morgan fingerprint density at radius 2 is 1.43 bits per heavy atom. The number of benzene rings is 2. The number of rotatable bonds is 6. The summed E-state index contributed by atoms with van der Waals surface area (Å²) in [5, 5.41) is 0.683. The van der Waals surface area contributed by atoms with Crippen LogP contribution in [0.15, 0.2) is 36.4 Å². The van der Waals surface area contributed by atoms with E-state index in [9.17, 15) is 26.3 Å². The van der Waals surface area contributed by atoms with E-state index in [0.717, 1.165) is 51.2 Å². The molecule has 2 aromatic carbocycles. The van der Waals surface area contributed by atoms with Crippen LogP contribution in [0, 0.1) is 6.42 Å². The minimum atomic E-state index is -4.89. The van der Waals surface area contributed by atoms with Crippen LogP contribution in [0.5, 0.6) is 0 Å². The van der Waals surface area contributed by atoms with Crippen LogP contribution >= 0.6 is 23.2 Å². The second kappa shape index (κ2) is 11.7. The third kappa shape index (κ3) is 7.14. The Balaban J connectivity index is 1.57. The standard InChI is InChI=1S/C27H29Cl2F6N2/c28-23-6-4-5-22(25(23)29)24(37-13-9-21(10-14-37)36-11-2-1-3-12-36)8-7-18-15-19(26(30,31)32)17-20(16-18)27(33,34)35/h4-6,8,15-17,21,24H,1-3,7,9-14H2. The molecule has 1 radical (unpaired) electrons. The Labute approximate surface area is 223 Å². The van der Waals surface area contributed by atoms with Crippen molar-refractivity contribution in [2.45, 2.75) is 63.0 Å². The molecule has 0 spiro atoms. The molecule has 37 heavy (non-hydrogen) atoms. The Morgan fingerprint density at radius 3 is 2.00 bits per heavy atom. The van der Waals surface area contributed by atoms with Crippen molar-refractivity contribution in [3.63, 3.8) is 0 Å². The first-order chi connectivity index (χ1) is 17.4. The zero-order valence-corrected chi connectivity index (χ0v) is 21.7. The maximum absolute atomic E-state index is 13.4. The van der Waals surface area contributed by atoms with Gasteiger partial charge in [-0.05, 0) is 87.0 Å². The van der Waals surface area contributed by atoms with Crippen molar-refractivity contribution in [2.75, 3.05) is 26.2 Å². The van der Waals surface area contributed by atoms with Gasteiger partial charge in [0.25, 0.3) is 0 Å². The molecular weight excluding hydrogens is 537 g/mol. The number of hydrogen-bond donors (Lipinski definition) is 0. The van der Waals surface area contributed by atoms with Crippen molar-refractivity contribution < 1.29 is 26.3 Å². The Kier molecular flexibility index (Phi) is 9.04. The topological polar surface area (TPSA) is 6.48 Å². The largest absolute Gasteiger partial charge is 0.416 e. The van der Waals surface area contributed by atoms with Crippen molar-refractivity contribution in [3.05, 3.63) is 75.1 Å². The Bertz CT molecular complexity index is 1030. The molecule has 0 aromatic heterocycles. The summed E-state index contributed by atoms with van der Waals surface area (Å²) in [6.07, 6.45) is -2.60. The summed E-state index contributed by atoms with van der Waals surface area (Å²) in [5.74, 6) is 0. The summed E-state index contributed by atoms with van der Waals surface area (Å²) in [4.78, 5) is 4.73. The molecule has 0 aliphatic carbocycles. The zero-order valence-electron chi connectivity index (χ0n) is 20.2. The summed E-state index contributed by atoms with van der Waals surface area (Å²) in [5.41, 5.74) is -2.00. The quantitative estimate of drug-likeness (QED) is 0.324. The van der Waals surface area contributed by atoms with Gasteiger partial charge >= 0.3 is 12.4 Å². The second-order valence-corrected chi connectivity index (χ2v) is 10.6. The summed E-state index contributed by atoms with van der Waals surface area (Å²) in [6.45, 7) is 3.66. The lowest BCUT2D eigenvalue weighted by Gasteiger charge is -2.43. The lowest BCUT2D eigenvalue weighted by atomic mass is 9.92. The van der Waals surface area contributed by atoms with E-state index in [4.69, 9.17) is 23.2 Å². The van der Waals surface area contributed by atoms with Crippen LogP contribution in [-0.4, -0.2) is 42.0 Å². The van der Waals surface area contributed by atoms with Crippen molar-refractivity contribution in [1.82, 2.24) is 9.80 Å². The van der Waals surface area contributed by atoms with Gasteiger partial charge in [-0.1, -0.05) is 41.8 Å². The SMILES string of the molecule is FC(F)(F)c1cc(C[CH]C(c2cccc(Cl)c2Cl)N2CCC(N3CCCCC3)CC2)cc(C(F)(F)F)c1. The van der Waals surface area contributed by atoms with Gasteiger partial charge in [-0.3, -0.25) is 4.90 Å². The molecule has 203 valence electrons. The average molecular weight is 566 g/mol. The number of hydrogen-bond acceptors (Lipinski definition) is 2. The maximum Gasteiger partial charge on any atom is 0.416 e. The average Bonchev–Trinajstić information content (AvgIpc) is 2.86. The van der Waals surface area contributed by atoms with Gasteiger partial charge in [-0.2, -0.15) is 26.3 Å². The summed E-state index contributed by atoms with van der Waals surface area (Å²) in [7, 11) is 0. The molecule has 0 amide bonds. The molecule has 10 heteroatoms. The van der Waals surface area contributed by atoms with Crippen LogP contribution in [0.4, 0.5) is 26.3 Å². The molecule has 2 nitrogen and oxygen atoms in total. The molecule has 0 saturated carbocycles. The maximum atomic E-state index is 13.4. The molecule has 2 heterocycles. The molecule has 1 atom stereocenters. The van der Waals surface area contributed by atoms with Crippen LogP contribution in [0.2, 0.25) is 10.0 Å². The highest BCUT2D eigenvalue weighted by Crippen LogP contribution is 2.39. The van der Waals surface area contributed by atoms with Crippen molar-refractivity contribution in [2.24, 2.45) is 0 Å². The van der Waals surface area contributed by atoms with Crippen molar-refractivity contribution in [3.8, 4) is 0 Å². The number of alkyl halides is 6. The van der Waals surface area contributed by atoms with Gasteiger partial charge in [0.2, 0.25) is 0 Å². The van der Waals surface area contributed by atoms with Crippen molar-refractivity contribution in [1.29, 1.82) is 0 Å². The van der Waals surface area contributed by atoms with Gasteiger partial charge in [0.15, 0.2) is 0 Å². The molecule has 1 unspecified atom stereocenters. The van der Waals surface area contributed by atoms with Crippen LogP contribution in [-0.2, 0) is 18.8 Å². The van der Waals surface area contributed by atoms with E-state index < -0.39 is 29.5 Å². The fourth-order valence-electron chi connectivity index (χ4n) is 5.42. The highest BCUT2D eigenvalue weighted by atomic mass is 35.5. The van der Waals surface area contributed by atoms with E-state index in [-0.39, 0.29) is 18.1 Å². The second-order valence-electron chi connectivity index (χ2n) is 9.81. The Hall–Kier alpha value is -1.48. The monoisotopic (exact) mass is 565 g/mol. The fourth-order valence-corrected chi connectivity index (χ4v) is 5.84. The highest BCUT2D eigenvalue weighted by Gasteiger charge is 2.37. The number of nitrogens with zero attached hydrogens (tertiary/aromatic N) is 2. The van der Waals surface area contributed by atoms with Gasteiger partial charge in [-0.25, -0.2) is 0 Å². The third-order valence-corrected chi connectivity index (χ3v) is 8.16. The van der Waals surface area contributed by atoms with E-state index in [2.05, 4.69) is 9.80 Å². The summed E-state index contributed by atoms with van der Waals surface area (Å²) >= 11 is 12.8. The fraction of sp³-hybridized carbons (Fsp3) is 0.519. The van der Waals surface area contributed by atoms with Gasteiger partial charge in [-0.15, -0.1) is 0 Å². The van der Waals surface area contributed by atoms with E-state index in [0.29, 0.717) is 21.7 Å². The molecule has 4 rings (SSSR count). The molecule has 2 saturated heterocycles. The molecule has 0 bridgehead atoms. The molecule has 2 aliphatic heterocycles.